The molecule has 1 aromatic rings. The molecule has 0 spiro atoms. The smallest absolute Gasteiger partial charge is 0.149 e. The number of hydrogen-bond acceptors (Lipinski definition) is 3. The van der Waals surface area contributed by atoms with Crippen LogP contribution in [0.3, 0.4) is 0 Å². The molecule has 1 saturated heterocycles. The predicted octanol–water partition coefficient (Wildman–Crippen LogP) is 2.00. The predicted molar refractivity (Wildman–Crippen MR) is 78.0 cm³/mol. The summed E-state index contributed by atoms with van der Waals surface area (Å²) < 4.78 is 28.6. The van der Waals surface area contributed by atoms with Gasteiger partial charge in [0, 0.05) is 19.1 Å². The summed E-state index contributed by atoms with van der Waals surface area (Å²) in [6, 6.07) is 2.91. The van der Waals surface area contributed by atoms with Crippen LogP contribution in [0.2, 0.25) is 0 Å². The summed E-state index contributed by atoms with van der Waals surface area (Å²) in [4.78, 5) is 4.05. The molecule has 0 bridgehead atoms. The van der Waals surface area contributed by atoms with Crippen molar-refractivity contribution in [3.63, 3.8) is 0 Å². The van der Waals surface area contributed by atoms with Crippen molar-refractivity contribution in [1.82, 2.24) is 4.90 Å². The van der Waals surface area contributed by atoms with Crippen molar-refractivity contribution in [3.8, 4) is 0 Å². The Balaban J connectivity index is 2.31. The maximum Gasteiger partial charge on any atom is 0.149 e. The standard InChI is InChI=1S/C15H23F2N3/c1-11-10-19(2)6-3-7-20(11)15-13(16)8-12(4-5-18)9-14(15)17/h8-9,11H,3-7,10,18H2,1-2H3. The topological polar surface area (TPSA) is 32.5 Å². The van der Waals surface area contributed by atoms with E-state index >= 15 is 0 Å². The summed E-state index contributed by atoms with van der Waals surface area (Å²) in [5.74, 6) is -0.963. The van der Waals surface area contributed by atoms with Crippen molar-refractivity contribution in [2.24, 2.45) is 5.73 Å². The molecule has 0 aliphatic carbocycles. The molecule has 1 fully saturated rings. The molecule has 5 heteroatoms. The third-order valence-corrected chi connectivity index (χ3v) is 3.84. The summed E-state index contributed by atoms with van der Waals surface area (Å²) in [7, 11) is 2.04. The summed E-state index contributed by atoms with van der Waals surface area (Å²) in [6.45, 7) is 4.84. The van der Waals surface area contributed by atoms with Crippen LogP contribution >= 0.6 is 0 Å². The summed E-state index contributed by atoms with van der Waals surface area (Å²) in [6.07, 6.45) is 1.40. The average Bonchev–Trinajstić information content (AvgIpc) is 2.51. The van der Waals surface area contributed by atoms with E-state index in [2.05, 4.69) is 4.90 Å². The highest BCUT2D eigenvalue weighted by atomic mass is 19.1. The van der Waals surface area contributed by atoms with Gasteiger partial charge in [0.2, 0.25) is 0 Å². The van der Waals surface area contributed by atoms with Crippen LogP contribution in [0.5, 0.6) is 0 Å². The van der Waals surface area contributed by atoms with E-state index in [4.69, 9.17) is 5.73 Å². The van der Waals surface area contributed by atoms with Crippen molar-refractivity contribution < 1.29 is 8.78 Å². The van der Waals surface area contributed by atoms with Gasteiger partial charge in [-0.15, -0.1) is 0 Å². The van der Waals surface area contributed by atoms with Crippen molar-refractivity contribution in [2.45, 2.75) is 25.8 Å². The van der Waals surface area contributed by atoms with Crippen LogP contribution in [0.25, 0.3) is 0 Å². The zero-order valence-electron chi connectivity index (χ0n) is 12.2. The number of rotatable bonds is 3. The number of benzene rings is 1. The molecule has 0 amide bonds. The van der Waals surface area contributed by atoms with Gasteiger partial charge in [-0.1, -0.05) is 0 Å². The van der Waals surface area contributed by atoms with E-state index in [1.54, 1.807) is 0 Å². The summed E-state index contributed by atoms with van der Waals surface area (Å²) in [5.41, 5.74) is 6.16. The minimum atomic E-state index is -0.482. The first-order valence-corrected chi connectivity index (χ1v) is 7.16. The number of halogens is 2. The molecule has 0 radical (unpaired) electrons. The molecule has 1 unspecified atom stereocenters. The van der Waals surface area contributed by atoms with Crippen molar-refractivity contribution in [1.29, 1.82) is 0 Å². The molecule has 1 aliphatic rings. The van der Waals surface area contributed by atoms with Crippen molar-refractivity contribution in [2.75, 3.05) is 38.1 Å². The van der Waals surface area contributed by atoms with E-state index in [1.165, 1.54) is 12.1 Å². The quantitative estimate of drug-likeness (QED) is 0.921. The van der Waals surface area contributed by atoms with Gasteiger partial charge in [-0.05, 0) is 57.6 Å². The molecule has 0 aromatic heterocycles. The number of hydrogen-bond donors (Lipinski definition) is 1. The minimum Gasteiger partial charge on any atom is -0.363 e. The molecule has 112 valence electrons. The SMILES string of the molecule is CC1CN(C)CCCN1c1c(F)cc(CCN)cc1F. The monoisotopic (exact) mass is 283 g/mol. The average molecular weight is 283 g/mol. The second kappa shape index (κ2) is 6.50. The highest BCUT2D eigenvalue weighted by Crippen LogP contribution is 2.28. The fraction of sp³-hybridized carbons (Fsp3) is 0.600. The van der Waals surface area contributed by atoms with E-state index in [-0.39, 0.29) is 11.7 Å². The molecule has 0 saturated carbocycles. The maximum absolute atomic E-state index is 14.3. The van der Waals surface area contributed by atoms with Crippen LogP contribution in [0.1, 0.15) is 18.9 Å². The molecular formula is C15H23F2N3. The van der Waals surface area contributed by atoms with Gasteiger partial charge in [0.1, 0.15) is 17.3 Å². The second-order valence-electron chi connectivity index (χ2n) is 5.60. The Hall–Kier alpha value is -1.20. The fourth-order valence-corrected chi connectivity index (χ4v) is 2.91. The van der Waals surface area contributed by atoms with Crippen LogP contribution in [-0.4, -0.2) is 44.2 Å². The van der Waals surface area contributed by atoms with Gasteiger partial charge in [0.05, 0.1) is 0 Å². The molecule has 2 N–H and O–H groups in total. The van der Waals surface area contributed by atoms with Crippen LogP contribution in [0.4, 0.5) is 14.5 Å². The van der Waals surface area contributed by atoms with Gasteiger partial charge in [0.15, 0.2) is 0 Å². The van der Waals surface area contributed by atoms with E-state index in [1.807, 2.05) is 18.9 Å². The molecule has 1 heterocycles. The Morgan fingerprint density at radius 1 is 1.25 bits per heavy atom. The van der Waals surface area contributed by atoms with Crippen LogP contribution in [-0.2, 0) is 6.42 Å². The Labute approximate surface area is 119 Å². The molecule has 1 aromatic carbocycles. The summed E-state index contributed by atoms with van der Waals surface area (Å²) in [5, 5.41) is 0. The first kappa shape index (κ1) is 15.2. The molecule has 1 atom stereocenters. The normalized spacial score (nSPS) is 21.1. The van der Waals surface area contributed by atoms with Crippen LogP contribution in [0, 0.1) is 11.6 Å². The molecule has 2 rings (SSSR count). The highest BCUT2D eigenvalue weighted by Gasteiger charge is 2.25. The molecular weight excluding hydrogens is 260 g/mol. The van der Waals surface area contributed by atoms with Gasteiger partial charge in [-0.2, -0.15) is 0 Å². The summed E-state index contributed by atoms with van der Waals surface area (Å²) >= 11 is 0. The highest BCUT2D eigenvalue weighted by molar-refractivity contribution is 5.52. The third-order valence-electron chi connectivity index (χ3n) is 3.84. The van der Waals surface area contributed by atoms with E-state index in [0.717, 1.165) is 19.5 Å². The van der Waals surface area contributed by atoms with E-state index in [0.29, 0.717) is 25.1 Å². The Morgan fingerprint density at radius 3 is 2.50 bits per heavy atom. The number of nitrogens with zero attached hydrogens (tertiary/aromatic N) is 2. The number of likely N-dealkylation sites (N-methyl/N-ethyl adjacent to an activating group) is 1. The van der Waals surface area contributed by atoms with Gasteiger partial charge >= 0.3 is 0 Å². The van der Waals surface area contributed by atoms with E-state index < -0.39 is 11.6 Å². The van der Waals surface area contributed by atoms with E-state index in [9.17, 15) is 8.78 Å². The van der Waals surface area contributed by atoms with Gasteiger partial charge in [-0.3, -0.25) is 0 Å². The lowest BCUT2D eigenvalue weighted by Crippen LogP contribution is -2.39. The fourth-order valence-electron chi connectivity index (χ4n) is 2.91. The Bertz CT molecular complexity index is 441. The Morgan fingerprint density at radius 2 is 1.90 bits per heavy atom. The second-order valence-corrected chi connectivity index (χ2v) is 5.60. The van der Waals surface area contributed by atoms with Gasteiger partial charge in [-0.25, -0.2) is 8.78 Å². The van der Waals surface area contributed by atoms with Gasteiger partial charge < -0.3 is 15.5 Å². The van der Waals surface area contributed by atoms with Crippen LogP contribution < -0.4 is 10.6 Å². The van der Waals surface area contributed by atoms with Crippen molar-refractivity contribution >= 4 is 5.69 Å². The number of nitrogens with two attached hydrogens (primary N) is 1. The molecule has 3 nitrogen and oxygen atoms in total. The lowest BCUT2D eigenvalue weighted by Gasteiger charge is -2.31. The largest absolute Gasteiger partial charge is 0.363 e. The maximum atomic E-state index is 14.3. The van der Waals surface area contributed by atoms with Gasteiger partial charge in [0.25, 0.3) is 0 Å². The Kier molecular flexibility index (Phi) is 4.94. The zero-order valence-corrected chi connectivity index (χ0v) is 12.2. The molecule has 20 heavy (non-hydrogen) atoms. The van der Waals surface area contributed by atoms with Crippen LogP contribution in [0.15, 0.2) is 12.1 Å². The number of anilines is 1. The lowest BCUT2D eigenvalue weighted by molar-refractivity contribution is 0.336. The molecule has 1 aliphatic heterocycles. The first-order valence-electron chi connectivity index (χ1n) is 7.16. The third kappa shape index (κ3) is 3.27. The zero-order chi connectivity index (χ0) is 14.7. The first-order chi connectivity index (χ1) is 9.52. The van der Waals surface area contributed by atoms with Crippen molar-refractivity contribution in [3.05, 3.63) is 29.3 Å². The minimum absolute atomic E-state index is 0.0897. The lowest BCUT2D eigenvalue weighted by atomic mass is 10.1.